The second-order valence-corrected chi connectivity index (χ2v) is 13.6. The van der Waals surface area contributed by atoms with Gasteiger partial charge < -0.3 is 25.1 Å². The van der Waals surface area contributed by atoms with Gasteiger partial charge in [0.1, 0.15) is 12.1 Å². The molecular weight excluding hydrogens is 576 g/mol. The zero-order chi connectivity index (χ0) is 32.4. The summed E-state index contributed by atoms with van der Waals surface area (Å²) in [5.74, 6) is 0.300. The number of benzene rings is 3. The van der Waals surface area contributed by atoms with Gasteiger partial charge in [-0.05, 0) is 52.8 Å². The van der Waals surface area contributed by atoms with Crippen molar-refractivity contribution in [2.45, 2.75) is 59.0 Å². The minimum atomic E-state index is -0.843. The van der Waals surface area contributed by atoms with E-state index >= 15 is 0 Å². The summed E-state index contributed by atoms with van der Waals surface area (Å²) in [4.78, 5) is 50.7. The second-order valence-electron chi connectivity index (χ2n) is 13.6. The number of nitrogens with one attached hydrogen (secondary N) is 3. The molecule has 1 saturated heterocycles. The molecule has 1 aliphatic rings. The molecule has 3 aromatic carbocycles. The fourth-order valence-electron chi connectivity index (χ4n) is 6.08. The van der Waals surface area contributed by atoms with Gasteiger partial charge in [-0.3, -0.25) is 14.4 Å². The number of likely N-dealkylation sites (tertiary alicyclic amines) is 1. The molecule has 3 heterocycles. The fourth-order valence-corrected chi connectivity index (χ4v) is 6.08. The van der Waals surface area contributed by atoms with Crippen LogP contribution in [0.25, 0.3) is 21.7 Å². The van der Waals surface area contributed by atoms with E-state index in [0.717, 1.165) is 45.6 Å². The highest BCUT2D eigenvalue weighted by molar-refractivity contribution is 5.98. The summed E-state index contributed by atoms with van der Waals surface area (Å²) in [6.45, 7) is 9.10. The number of fused-ring (bicyclic) bond motifs is 2. The Morgan fingerprint density at radius 2 is 1.70 bits per heavy atom. The summed E-state index contributed by atoms with van der Waals surface area (Å²) in [5, 5.41) is 9.02. The number of para-hydroxylation sites is 1. The van der Waals surface area contributed by atoms with E-state index in [1.54, 1.807) is 17.1 Å². The molecule has 0 radical (unpaired) electrons. The molecule has 2 aromatic heterocycles. The number of carbonyl (C=O) groups excluding carboxylic acids is 3. The van der Waals surface area contributed by atoms with Gasteiger partial charge in [0.15, 0.2) is 5.82 Å². The number of piperidine rings is 1. The van der Waals surface area contributed by atoms with Gasteiger partial charge in [-0.25, -0.2) is 4.98 Å². The van der Waals surface area contributed by atoms with E-state index in [1.165, 1.54) is 0 Å². The van der Waals surface area contributed by atoms with Crippen molar-refractivity contribution >= 4 is 45.2 Å². The van der Waals surface area contributed by atoms with Crippen molar-refractivity contribution in [3.8, 4) is 0 Å². The monoisotopic (exact) mass is 618 g/mol. The van der Waals surface area contributed by atoms with Gasteiger partial charge in [0.25, 0.3) is 0 Å². The van der Waals surface area contributed by atoms with Crippen molar-refractivity contribution < 1.29 is 14.4 Å². The lowest BCUT2D eigenvalue weighted by molar-refractivity contribution is -0.135. The van der Waals surface area contributed by atoms with Crippen LogP contribution in [-0.2, 0) is 20.8 Å². The number of imidazole rings is 1. The quantitative estimate of drug-likeness (QED) is 0.196. The molecule has 1 fully saturated rings. The molecule has 0 spiro atoms. The van der Waals surface area contributed by atoms with E-state index in [1.807, 2.05) is 86.5 Å². The normalized spacial score (nSPS) is 15.5. The van der Waals surface area contributed by atoms with Crippen molar-refractivity contribution in [2.24, 2.45) is 11.3 Å². The second kappa shape index (κ2) is 12.8. The fraction of sp³-hybridized carbons (Fsp3) is 0.351. The third-order valence-corrected chi connectivity index (χ3v) is 8.97. The van der Waals surface area contributed by atoms with E-state index in [0.29, 0.717) is 31.2 Å². The number of aromatic nitrogens is 3. The molecular formula is C37H42N6O3. The van der Waals surface area contributed by atoms with E-state index in [9.17, 15) is 14.4 Å². The lowest BCUT2D eigenvalue weighted by Crippen LogP contribution is -2.49. The highest BCUT2D eigenvalue weighted by Gasteiger charge is 2.32. The molecule has 9 heteroatoms. The van der Waals surface area contributed by atoms with Crippen LogP contribution in [0.2, 0.25) is 0 Å². The Hall–Kier alpha value is -4.92. The number of H-pyrrole nitrogens is 1. The summed E-state index contributed by atoms with van der Waals surface area (Å²) in [7, 11) is 0. The van der Waals surface area contributed by atoms with Gasteiger partial charge in [-0.1, -0.05) is 82.3 Å². The smallest absolute Gasteiger partial charge is 0.250 e. The van der Waals surface area contributed by atoms with Gasteiger partial charge >= 0.3 is 0 Å². The molecule has 1 aliphatic heterocycles. The third-order valence-electron chi connectivity index (χ3n) is 8.97. The average molecular weight is 619 g/mol. The molecule has 0 aliphatic carbocycles. The molecule has 0 saturated carbocycles. The topological polar surface area (TPSA) is 112 Å². The molecule has 3 N–H and O–H groups in total. The summed E-state index contributed by atoms with van der Waals surface area (Å²) >= 11 is 0. The average Bonchev–Trinajstić information content (AvgIpc) is 3.67. The zero-order valence-electron chi connectivity index (χ0n) is 26.9. The van der Waals surface area contributed by atoms with Gasteiger partial charge in [-0.15, -0.1) is 0 Å². The number of nitrogens with zero attached hydrogens (tertiary/aromatic N) is 3. The van der Waals surface area contributed by atoms with Crippen molar-refractivity contribution in [1.82, 2.24) is 24.8 Å². The highest BCUT2D eigenvalue weighted by atomic mass is 16.2. The molecule has 5 aromatic rings. The van der Waals surface area contributed by atoms with Crippen LogP contribution in [-0.4, -0.2) is 56.3 Å². The lowest BCUT2D eigenvalue weighted by Gasteiger charge is -2.33. The number of aromatic amines is 1. The van der Waals surface area contributed by atoms with Gasteiger partial charge in [0.2, 0.25) is 17.7 Å². The Morgan fingerprint density at radius 3 is 2.46 bits per heavy atom. The van der Waals surface area contributed by atoms with Crippen LogP contribution in [0.1, 0.15) is 57.7 Å². The molecule has 6 rings (SSSR count). The van der Waals surface area contributed by atoms with E-state index in [4.69, 9.17) is 0 Å². The summed E-state index contributed by atoms with van der Waals surface area (Å²) < 4.78 is 1.78. The Labute approximate surface area is 269 Å². The standard InChI is InChI=1S/C37H42N6O3/c1-24-15-17-42(18-16-24)35(45)33(27-14-13-25-9-5-6-10-26(25)19-27)43-22-32(39-23-43)41-34(44)31(40-36(46)37(2,3)4)20-28-21-38-30-12-8-7-11-29(28)30/h5-14,19,21-24,31,33,38H,15-18,20H2,1-4H3,(H,40,46)(H,41,44)/t31-,33?/m1/s1. The van der Waals surface area contributed by atoms with E-state index < -0.39 is 17.5 Å². The molecule has 46 heavy (non-hydrogen) atoms. The van der Waals surface area contributed by atoms with Crippen LogP contribution in [0.3, 0.4) is 0 Å². The van der Waals surface area contributed by atoms with Crippen LogP contribution >= 0.6 is 0 Å². The van der Waals surface area contributed by atoms with Gasteiger partial charge in [-0.2, -0.15) is 0 Å². The first-order chi connectivity index (χ1) is 22.1. The van der Waals surface area contributed by atoms with E-state index in [2.05, 4.69) is 39.7 Å². The molecule has 3 amide bonds. The predicted molar refractivity (Wildman–Crippen MR) is 181 cm³/mol. The molecule has 238 valence electrons. The van der Waals surface area contributed by atoms with Crippen molar-refractivity contribution in [2.75, 3.05) is 18.4 Å². The summed E-state index contributed by atoms with van der Waals surface area (Å²) in [5.41, 5.74) is 2.06. The summed E-state index contributed by atoms with van der Waals surface area (Å²) in [6.07, 6.45) is 7.42. The highest BCUT2D eigenvalue weighted by Crippen LogP contribution is 2.29. The van der Waals surface area contributed by atoms with Crippen molar-refractivity contribution in [3.05, 3.63) is 96.6 Å². The minimum absolute atomic E-state index is 0.00658. The number of amides is 3. The number of hydrogen-bond acceptors (Lipinski definition) is 4. The molecule has 1 unspecified atom stereocenters. The van der Waals surface area contributed by atoms with Gasteiger partial charge in [0, 0.05) is 48.2 Å². The molecule has 0 bridgehead atoms. The molecule has 2 atom stereocenters. The van der Waals surface area contributed by atoms with Crippen LogP contribution in [0.15, 0.2) is 85.5 Å². The predicted octanol–water partition coefficient (Wildman–Crippen LogP) is 6.08. The maximum atomic E-state index is 14.1. The van der Waals surface area contributed by atoms with Crippen LogP contribution in [0.4, 0.5) is 5.82 Å². The van der Waals surface area contributed by atoms with Crippen LogP contribution in [0, 0.1) is 11.3 Å². The molecule has 9 nitrogen and oxygen atoms in total. The largest absolute Gasteiger partial charge is 0.361 e. The Morgan fingerprint density at radius 1 is 0.978 bits per heavy atom. The van der Waals surface area contributed by atoms with E-state index in [-0.39, 0.29) is 17.7 Å². The maximum Gasteiger partial charge on any atom is 0.250 e. The first-order valence-electron chi connectivity index (χ1n) is 16.0. The first kappa shape index (κ1) is 31.1. The van der Waals surface area contributed by atoms with Crippen LogP contribution < -0.4 is 10.6 Å². The number of carbonyl (C=O) groups is 3. The van der Waals surface area contributed by atoms with Crippen LogP contribution in [0.5, 0.6) is 0 Å². The summed E-state index contributed by atoms with van der Waals surface area (Å²) in [6, 6.07) is 20.6. The zero-order valence-corrected chi connectivity index (χ0v) is 26.9. The number of rotatable bonds is 8. The van der Waals surface area contributed by atoms with Gasteiger partial charge in [0.05, 0.1) is 6.33 Å². The van der Waals surface area contributed by atoms with Crippen molar-refractivity contribution in [1.29, 1.82) is 0 Å². The van der Waals surface area contributed by atoms with Crippen molar-refractivity contribution in [3.63, 3.8) is 0 Å². The lowest BCUT2D eigenvalue weighted by atomic mass is 9.94. The number of hydrogen-bond donors (Lipinski definition) is 3. The Kier molecular flexibility index (Phi) is 8.67. The Bertz CT molecular complexity index is 1870. The Balaban J connectivity index is 1.28. The minimum Gasteiger partial charge on any atom is -0.361 e. The number of anilines is 1. The maximum absolute atomic E-state index is 14.1. The SMILES string of the molecule is CC1CCN(C(=O)C(c2ccc3ccccc3c2)n2cnc(NC(=O)[C@@H](Cc3c[nH]c4ccccc34)NC(=O)C(C)(C)C)c2)CC1. The first-order valence-corrected chi connectivity index (χ1v) is 16.0. The third kappa shape index (κ3) is 6.68.